The van der Waals surface area contributed by atoms with Gasteiger partial charge >= 0.3 is 0 Å². The molecule has 0 unspecified atom stereocenters. The van der Waals surface area contributed by atoms with Gasteiger partial charge in [0.2, 0.25) is 0 Å². The summed E-state index contributed by atoms with van der Waals surface area (Å²) in [6, 6.07) is 0. The van der Waals surface area contributed by atoms with Crippen molar-refractivity contribution < 1.29 is 19.8 Å². The first-order valence-electron chi connectivity index (χ1n) is 4.87. The third-order valence-corrected chi connectivity index (χ3v) is 1.63. The zero-order chi connectivity index (χ0) is 12.9. The van der Waals surface area contributed by atoms with Gasteiger partial charge in [-0.15, -0.1) is 0 Å². The van der Waals surface area contributed by atoms with E-state index in [4.69, 9.17) is 10.2 Å². The first kappa shape index (κ1) is 14.8. The summed E-state index contributed by atoms with van der Waals surface area (Å²) in [5.41, 5.74) is 0.194. The highest BCUT2D eigenvalue weighted by Crippen LogP contribution is 1.88. The fraction of sp³-hybridized carbons (Fsp3) is 0.273. The molecule has 0 aliphatic carbocycles. The molecule has 6 nitrogen and oxygen atoms in total. The Labute approximate surface area is 98.7 Å². The molecule has 0 aromatic rings. The Hall–Kier alpha value is -2.24. The second-order valence-corrected chi connectivity index (χ2v) is 2.92. The van der Waals surface area contributed by atoms with E-state index in [2.05, 4.69) is 9.98 Å². The number of nitrogens with zero attached hydrogens (tertiary/aromatic N) is 2. The number of carbonyl (C=O) groups excluding carboxylic acids is 2. The molecule has 0 atom stereocenters. The van der Waals surface area contributed by atoms with Gasteiger partial charge in [0.15, 0.2) is 12.6 Å². The third kappa shape index (κ3) is 7.66. The lowest BCUT2D eigenvalue weighted by Crippen LogP contribution is -1.92. The molecule has 17 heavy (non-hydrogen) atoms. The van der Waals surface area contributed by atoms with Crippen LogP contribution in [-0.4, -0.2) is 48.3 Å². The van der Waals surface area contributed by atoms with Crippen LogP contribution in [0.3, 0.4) is 0 Å². The van der Waals surface area contributed by atoms with Crippen LogP contribution in [0.25, 0.3) is 0 Å². The number of aldehydes is 2. The summed E-state index contributed by atoms with van der Waals surface area (Å²) >= 11 is 0. The van der Waals surface area contributed by atoms with Crippen LogP contribution in [-0.2, 0) is 9.59 Å². The highest BCUT2D eigenvalue weighted by Gasteiger charge is 1.89. The molecule has 0 radical (unpaired) electrons. The van der Waals surface area contributed by atoms with Crippen LogP contribution >= 0.6 is 0 Å². The van der Waals surface area contributed by atoms with Crippen LogP contribution in [0.15, 0.2) is 33.7 Å². The minimum absolute atomic E-state index is 0.0972. The summed E-state index contributed by atoms with van der Waals surface area (Å²) in [4.78, 5) is 28.2. The maximum Gasteiger partial charge on any atom is 0.154 e. The van der Waals surface area contributed by atoms with Gasteiger partial charge in [-0.1, -0.05) is 0 Å². The molecular weight excluding hydrogens is 224 g/mol. The number of aliphatic hydroxyl groups is 2. The van der Waals surface area contributed by atoms with Crippen LogP contribution in [0.1, 0.15) is 6.42 Å². The van der Waals surface area contributed by atoms with Crippen molar-refractivity contribution in [2.24, 2.45) is 9.98 Å². The Balaban J connectivity index is 3.80. The fourth-order valence-electron chi connectivity index (χ4n) is 0.782. The number of allylic oxidation sites excluding steroid dienone is 2. The van der Waals surface area contributed by atoms with E-state index in [1.165, 1.54) is 12.4 Å². The standard InChI is InChI=1S/C11H14N2O4/c14-6-10(7-15)4-12-2-1-3-13-5-11(8-16)9-17/h4-9,14,16H,1-3H2/b10-6-,11-8-,12-4?,13-5?. The third-order valence-electron chi connectivity index (χ3n) is 1.63. The Morgan fingerprint density at radius 2 is 1.29 bits per heavy atom. The molecule has 6 heteroatoms. The van der Waals surface area contributed by atoms with Gasteiger partial charge in [0.05, 0.1) is 23.7 Å². The van der Waals surface area contributed by atoms with E-state index in [0.717, 1.165) is 0 Å². The molecule has 92 valence electrons. The van der Waals surface area contributed by atoms with Crippen molar-refractivity contribution in [3.8, 4) is 0 Å². The average Bonchev–Trinajstić information content (AvgIpc) is 2.37. The van der Waals surface area contributed by atoms with E-state index in [9.17, 15) is 9.59 Å². The summed E-state index contributed by atoms with van der Waals surface area (Å²) in [5.74, 6) is 0. The highest BCUT2D eigenvalue weighted by molar-refractivity contribution is 6.01. The Morgan fingerprint density at radius 1 is 0.882 bits per heavy atom. The number of aliphatic imine (C=N–C) groups is 2. The summed E-state index contributed by atoms with van der Waals surface area (Å²) in [6.45, 7) is 0.892. The van der Waals surface area contributed by atoms with Crippen molar-refractivity contribution >= 4 is 25.0 Å². The molecule has 0 aromatic heterocycles. The summed E-state index contributed by atoms with van der Waals surface area (Å²) < 4.78 is 0. The second kappa shape index (κ2) is 10.3. The Bertz CT molecular complexity index is 322. The predicted octanol–water partition coefficient (Wildman–Crippen LogP) is 0.800. The molecule has 0 amide bonds. The Kier molecular flexibility index (Phi) is 8.93. The van der Waals surface area contributed by atoms with Gasteiger partial charge in [-0.05, 0) is 6.42 Å². The van der Waals surface area contributed by atoms with Gasteiger partial charge in [0, 0.05) is 25.5 Å². The minimum Gasteiger partial charge on any atom is -0.515 e. The van der Waals surface area contributed by atoms with Crippen molar-refractivity contribution in [1.82, 2.24) is 0 Å². The highest BCUT2D eigenvalue weighted by atomic mass is 16.2. The predicted molar refractivity (Wildman–Crippen MR) is 64.9 cm³/mol. The van der Waals surface area contributed by atoms with Gasteiger partial charge < -0.3 is 10.2 Å². The number of hydrogen-bond acceptors (Lipinski definition) is 6. The molecule has 0 aliphatic heterocycles. The zero-order valence-corrected chi connectivity index (χ0v) is 9.19. The van der Waals surface area contributed by atoms with E-state index in [0.29, 0.717) is 44.6 Å². The van der Waals surface area contributed by atoms with E-state index in [1.807, 2.05) is 0 Å². The number of hydrogen-bond donors (Lipinski definition) is 2. The van der Waals surface area contributed by atoms with Crippen LogP contribution in [0, 0.1) is 0 Å². The van der Waals surface area contributed by atoms with Crippen molar-refractivity contribution in [3.05, 3.63) is 23.7 Å². The fourth-order valence-corrected chi connectivity index (χ4v) is 0.782. The average molecular weight is 238 g/mol. The van der Waals surface area contributed by atoms with Crippen LogP contribution in [0.2, 0.25) is 0 Å². The van der Waals surface area contributed by atoms with Crippen molar-refractivity contribution in [2.75, 3.05) is 13.1 Å². The maximum atomic E-state index is 10.2. The normalized spacial score (nSPS) is 13.4. The molecule has 0 fully saturated rings. The maximum absolute atomic E-state index is 10.2. The van der Waals surface area contributed by atoms with E-state index >= 15 is 0 Å². The Morgan fingerprint density at radius 3 is 1.59 bits per heavy atom. The summed E-state index contributed by atoms with van der Waals surface area (Å²) in [7, 11) is 0. The molecule has 0 saturated carbocycles. The number of carbonyl (C=O) groups is 2. The van der Waals surface area contributed by atoms with Crippen LogP contribution < -0.4 is 0 Å². The molecule has 0 aromatic carbocycles. The topological polar surface area (TPSA) is 99.3 Å². The smallest absolute Gasteiger partial charge is 0.154 e. The molecule has 0 saturated heterocycles. The van der Waals surface area contributed by atoms with E-state index in [-0.39, 0.29) is 11.1 Å². The first-order valence-corrected chi connectivity index (χ1v) is 4.87. The molecule has 0 bridgehead atoms. The zero-order valence-electron chi connectivity index (χ0n) is 9.19. The molecule has 2 N–H and O–H groups in total. The molecule has 0 rings (SSSR count). The van der Waals surface area contributed by atoms with Gasteiger partial charge in [-0.25, -0.2) is 0 Å². The van der Waals surface area contributed by atoms with Gasteiger partial charge in [0.25, 0.3) is 0 Å². The van der Waals surface area contributed by atoms with Crippen LogP contribution in [0.4, 0.5) is 0 Å². The monoisotopic (exact) mass is 238 g/mol. The molecular formula is C11H14N2O4. The largest absolute Gasteiger partial charge is 0.515 e. The second-order valence-electron chi connectivity index (χ2n) is 2.92. The number of aliphatic hydroxyl groups excluding tert-OH is 2. The van der Waals surface area contributed by atoms with Gasteiger partial charge in [0.1, 0.15) is 0 Å². The lowest BCUT2D eigenvalue weighted by Gasteiger charge is -1.91. The SMILES string of the molecule is O=C/C(C=NCCCN=C/C(C=O)=C/O)=C\O. The summed E-state index contributed by atoms with van der Waals surface area (Å²) in [6.07, 6.45) is 5.49. The van der Waals surface area contributed by atoms with E-state index in [1.54, 1.807) is 0 Å². The summed E-state index contributed by atoms with van der Waals surface area (Å²) in [5, 5.41) is 17.0. The van der Waals surface area contributed by atoms with Crippen molar-refractivity contribution in [1.29, 1.82) is 0 Å². The van der Waals surface area contributed by atoms with Crippen molar-refractivity contribution in [2.45, 2.75) is 6.42 Å². The van der Waals surface area contributed by atoms with Gasteiger partial charge in [-0.3, -0.25) is 19.6 Å². The molecule has 0 heterocycles. The first-order chi connectivity index (χ1) is 8.28. The lowest BCUT2D eigenvalue weighted by atomic mass is 10.3. The number of rotatable bonds is 8. The van der Waals surface area contributed by atoms with Crippen LogP contribution in [0.5, 0.6) is 0 Å². The molecule has 0 aliphatic rings. The minimum atomic E-state index is 0.0972. The molecule has 0 spiro atoms. The van der Waals surface area contributed by atoms with Gasteiger partial charge in [-0.2, -0.15) is 0 Å². The van der Waals surface area contributed by atoms with Crippen molar-refractivity contribution in [3.63, 3.8) is 0 Å². The quantitative estimate of drug-likeness (QED) is 0.215. The lowest BCUT2D eigenvalue weighted by molar-refractivity contribution is -0.105. The van der Waals surface area contributed by atoms with E-state index < -0.39 is 0 Å².